The Balaban J connectivity index is 2.69. The Kier molecular flexibility index (Phi) is 4.83. The highest BCUT2D eigenvalue weighted by atomic mass is 28.3. The maximum Gasteiger partial charge on any atom is 0.0779 e. The van der Waals surface area contributed by atoms with E-state index in [9.17, 15) is 0 Å². The van der Waals surface area contributed by atoms with Crippen LogP contribution in [0.1, 0.15) is 24.8 Å². The lowest BCUT2D eigenvalue weighted by atomic mass is 10.1. The first kappa shape index (κ1) is 13.1. The van der Waals surface area contributed by atoms with Crippen molar-refractivity contribution in [2.24, 2.45) is 0 Å². The molecule has 0 bridgehead atoms. The minimum absolute atomic E-state index is 0.912. The van der Waals surface area contributed by atoms with Crippen LogP contribution in [-0.2, 0) is 6.42 Å². The molecule has 0 heterocycles. The molecule has 0 atom stereocenters. The van der Waals surface area contributed by atoms with Gasteiger partial charge in [0, 0.05) is 6.42 Å². The normalized spacial score (nSPS) is 11.1. The molecule has 0 aromatic heterocycles. The Bertz CT molecular complexity index is 366. The Morgan fingerprint density at radius 3 is 2.44 bits per heavy atom. The molecule has 16 heavy (non-hydrogen) atoms. The zero-order valence-electron chi connectivity index (χ0n) is 10.7. The van der Waals surface area contributed by atoms with E-state index in [4.69, 9.17) is 6.42 Å². The van der Waals surface area contributed by atoms with Gasteiger partial charge in [-0.1, -0.05) is 49.1 Å². The van der Waals surface area contributed by atoms with E-state index in [1.807, 2.05) is 0 Å². The fourth-order valence-corrected chi connectivity index (χ4v) is 3.78. The molecule has 1 aromatic carbocycles. The van der Waals surface area contributed by atoms with E-state index in [1.165, 1.54) is 12.8 Å². The lowest BCUT2D eigenvalue weighted by Gasteiger charge is -2.20. The molecule has 1 heteroatoms. The van der Waals surface area contributed by atoms with Crippen molar-refractivity contribution in [2.45, 2.75) is 45.3 Å². The summed E-state index contributed by atoms with van der Waals surface area (Å²) < 4.78 is 0. The van der Waals surface area contributed by atoms with Crippen molar-refractivity contribution in [3.8, 4) is 12.3 Å². The third kappa shape index (κ3) is 3.87. The summed E-state index contributed by atoms with van der Waals surface area (Å²) in [5, 5.41) is 1.61. The van der Waals surface area contributed by atoms with Crippen LogP contribution in [0.25, 0.3) is 0 Å². The van der Waals surface area contributed by atoms with Crippen molar-refractivity contribution < 1.29 is 0 Å². The van der Waals surface area contributed by atoms with Gasteiger partial charge in [0.1, 0.15) is 0 Å². The maximum absolute atomic E-state index is 5.26. The van der Waals surface area contributed by atoms with E-state index in [-0.39, 0.29) is 0 Å². The average molecular weight is 230 g/mol. The highest BCUT2D eigenvalue weighted by Crippen LogP contribution is 2.10. The number of aryl methyl sites for hydroxylation is 1. The molecule has 0 amide bonds. The molecule has 0 radical (unpaired) electrons. The predicted molar refractivity (Wildman–Crippen MR) is 75.8 cm³/mol. The molecule has 0 aliphatic carbocycles. The van der Waals surface area contributed by atoms with Crippen LogP contribution in [0.2, 0.25) is 19.6 Å². The summed E-state index contributed by atoms with van der Waals surface area (Å²) in [7, 11) is -1.19. The number of terminal acetylenes is 1. The standard InChI is InChI=1S/C15H22Si/c1-5-6-7-8-11-14-12-9-10-13-15(14)16(2,3)4/h1,9-10,12-13H,6-8,11H2,2-4H3. The second-order valence-electron chi connectivity index (χ2n) is 5.32. The number of benzene rings is 1. The first-order valence-corrected chi connectivity index (χ1v) is 9.57. The van der Waals surface area contributed by atoms with Crippen molar-refractivity contribution in [1.82, 2.24) is 0 Å². The molecular formula is C15H22Si. The van der Waals surface area contributed by atoms with E-state index in [0.717, 1.165) is 12.8 Å². The smallest absolute Gasteiger partial charge is 0.0779 e. The van der Waals surface area contributed by atoms with Crippen molar-refractivity contribution in [3.05, 3.63) is 29.8 Å². The molecule has 1 aromatic rings. The Morgan fingerprint density at radius 2 is 1.81 bits per heavy atom. The third-order valence-electron chi connectivity index (χ3n) is 2.84. The van der Waals surface area contributed by atoms with Crippen LogP contribution < -0.4 is 5.19 Å². The van der Waals surface area contributed by atoms with Crippen molar-refractivity contribution in [2.75, 3.05) is 0 Å². The second kappa shape index (κ2) is 5.91. The summed E-state index contributed by atoms with van der Waals surface area (Å²) in [6.07, 6.45) is 9.72. The van der Waals surface area contributed by atoms with Gasteiger partial charge in [-0.3, -0.25) is 0 Å². The van der Waals surface area contributed by atoms with Crippen LogP contribution in [0.4, 0.5) is 0 Å². The molecule has 0 aliphatic rings. The van der Waals surface area contributed by atoms with E-state index in [0.29, 0.717) is 0 Å². The van der Waals surface area contributed by atoms with Gasteiger partial charge < -0.3 is 0 Å². The molecule has 0 N–H and O–H groups in total. The first-order valence-electron chi connectivity index (χ1n) is 6.07. The minimum atomic E-state index is -1.19. The fourth-order valence-electron chi connectivity index (χ4n) is 2.01. The van der Waals surface area contributed by atoms with Crippen LogP contribution >= 0.6 is 0 Å². The summed E-state index contributed by atoms with van der Waals surface area (Å²) in [5.74, 6) is 2.71. The van der Waals surface area contributed by atoms with E-state index in [1.54, 1.807) is 10.8 Å². The van der Waals surface area contributed by atoms with Crippen LogP contribution in [0, 0.1) is 12.3 Å². The molecule has 0 fully saturated rings. The van der Waals surface area contributed by atoms with Gasteiger partial charge in [0.25, 0.3) is 0 Å². The molecule has 86 valence electrons. The number of hydrogen-bond donors (Lipinski definition) is 0. The molecule has 0 unspecified atom stereocenters. The number of rotatable bonds is 5. The van der Waals surface area contributed by atoms with Gasteiger partial charge in [-0.15, -0.1) is 12.3 Å². The SMILES string of the molecule is C#CCCCCc1ccccc1[Si](C)(C)C. The fraction of sp³-hybridized carbons (Fsp3) is 0.467. The molecule has 1 rings (SSSR count). The lowest BCUT2D eigenvalue weighted by Crippen LogP contribution is -2.40. The molecule has 0 spiro atoms. The Morgan fingerprint density at radius 1 is 1.12 bits per heavy atom. The van der Waals surface area contributed by atoms with Crippen LogP contribution in [0.5, 0.6) is 0 Å². The largest absolute Gasteiger partial charge is 0.120 e. The minimum Gasteiger partial charge on any atom is -0.120 e. The highest BCUT2D eigenvalue weighted by molar-refractivity contribution is 6.89. The van der Waals surface area contributed by atoms with Gasteiger partial charge in [-0.2, -0.15) is 0 Å². The van der Waals surface area contributed by atoms with Gasteiger partial charge in [-0.25, -0.2) is 0 Å². The zero-order valence-corrected chi connectivity index (χ0v) is 11.7. The summed E-state index contributed by atoms with van der Waals surface area (Å²) in [6.45, 7) is 7.23. The Hall–Kier alpha value is -1.00. The molecule has 0 saturated carbocycles. The molecule has 0 saturated heterocycles. The monoisotopic (exact) mass is 230 g/mol. The van der Waals surface area contributed by atoms with Crippen molar-refractivity contribution in [1.29, 1.82) is 0 Å². The topological polar surface area (TPSA) is 0 Å². The second-order valence-corrected chi connectivity index (χ2v) is 10.4. The summed E-state index contributed by atoms with van der Waals surface area (Å²) in [4.78, 5) is 0. The van der Waals surface area contributed by atoms with Gasteiger partial charge in [-0.05, 0) is 24.8 Å². The van der Waals surface area contributed by atoms with Crippen LogP contribution in [0.15, 0.2) is 24.3 Å². The molecular weight excluding hydrogens is 208 g/mol. The highest BCUT2D eigenvalue weighted by Gasteiger charge is 2.18. The molecule has 0 aliphatic heterocycles. The summed E-state index contributed by atoms with van der Waals surface area (Å²) in [6, 6.07) is 8.91. The third-order valence-corrected chi connectivity index (χ3v) is 4.95. The van der Waals surface area contributed by atoms with Gasteiger partial charge in [0.05, 0.1) is 8.07 Å². The van der Waals surface area contributed by atoms with E-state index < -0.39 is 8.07 Å². The van der Waals surface area contributed by atoms with Gasteiger partial charge >= 0.3 is 0 Å². The van der Waals surface area contributed by atoms with Gasteiger partial charge in [0.15, 0.2) is 0 Å². The van der Waals surface area contributed by atoms with Crippen LogP contribution in [0.3, 0.4) is 0 Å². The average Bonchev–Trinajstić information content (AvgIpc) is 2.24. The quantitative estimate of drug-likeness (QED) is 0.412. The summed E-state index contributed by atoms with van der Waals surface area (Å²) >= 11 is 0. The Labute approximate surface area is 101 Å². The maximum atomic E-state index is 5.26. The molecule has 0 nitrogen and oxygen atoms in total. The number of hydrogen-bond acceptors (Lipinski definition) is 0. The van der Waals surface area contributed by atoms with Crippen LogP contribution in [-0.4, -0.2) is 8.07 Å². The van der Waals surface area contributed by atoms with E-state index >= 15 is 0 Å². The summed E-state index contributed by atoms with van der Waals surface area (Å²) in [5.41, 5.74) is 1.54. The lowest BCUT2D eigenvalue weighted by molar-refractivity contribution is 0.758. The number of unbranched alkanes of at least 4 members (excludes halogenated alkanes) is 2. The van der Waals surface area contributed by atoms with Crippen molar-refractivity contribution in [3.63, 3.8) is 0 Å². The van der Waals surface area contributed by atoms with Crippen molar-refractivity contribution >= 4 is 13.3 Å². The van der Waals surface area contributed by atoms with Gasteiger partial charge in [0.2, 0.25) is 0 Å². The first-order chi connectivity index (χ1) is 7.55. The van der Waals surface area contributed by atoms with E-state index in [2.05, 4.69) is 49.8 Å². The predicted octanol–water partition coefficient (Wildman–Crippen LogP) is 3.58. The zero-order chi connectivity index (χ0) is 12.0.